The highest BCUT2D eigenvalue weighted by molar-refractivity contribution is 7.14. The van der Waals surface area contributed by atoms with E-state index in [-0.39, 0.29) is 11.7 Å². The summed E-state index contributed by atoms with van der Waals surface area (Å²) in [5, 5.41) is 8.77. The Hall–Kier alpha value is -2.47. The van der Waals surface area contributed by atoms with Gasteiger partial charge in [-0.25, -0.2) is 4.98 Å². The van der Waals surface area contributed by atoms with Crippen LogP contribution in [0.15, 0.2) is 40.4 Å². The Morgan fingerprint density at radius 3 is 2.87 bits per heavy atom. The zero-order chi connectivity index (χ0) is 15.6. The van der Waals surface area contributed by atoms with Gasteiger partial charge in [-0.05, 0) is 42.9 Å². The highest BCUT2D eigenvalue weighted by Crippen LogP contribution is 2.29. The summed E-state index contributed by atoms with van der Waals surface area (Å²) in [5.74, 6) is -0.163. The lowest BCUT2D eigenvalue weighted by Crippen LogP contribution is -2.10. The number of nitrogens with zero attached hydrogens (tertiary/aromatic N) is 2. The van der Waals surface area contributed by atoms with Crippen LogP contribution in [-0.4, -0.2) is 16.0 Å². The highest BCUT2D eigenvalue weighted by Gasteiger charge is 2.14. The lowest BCUT2D eigenvalue weighted by Gasteiger charge is -2.16. The molecule has 0 radical (unpaired) electrons. The van der Waals surface area contributed by atoms with Crippen molar-refractivity contribution >= 4 is 22.4 Å². The molecular weight excluding hydrogens is 310 g/mol. The Morgan fingerprint density at radius 1 is 1.17 bits per heavy atom. The van der Waals surface area contributed by atoms with Crippen LogP contribution in [0.25, 0.3) is 11.3 Å². The van der Waals surface area contributed by atoms with E-state index in [4.69, 9.17) is 4.52 Å². The van der Waals surface area contributed by atoms with Crippen LogP contribution >= 0.6 is 11.3 Å². The first kappa shape index (κ1) is 14.1. The van der Waals surface area contributed by atoms with Crippen molar-refractivity contribution in [1.29, 1.82) is 0 Å². The molecule has 4 rings (SSSR count). The molecule has 1 amide bonds. The lowest BCUT2D eigenvalue weighted by atomic mass is 9.90. The average molecular weight is 325 g/mol. The van der Waals surface area contributed by atoms with Crippen LogP contribution in [0, 0.1) is 0 Å². The van der Waals surface area contributed by atoms with Crippen LogP contribution in [0.3, 0.4) is 0 Å². The van der Waals surface area contributed by atoms with Gasteiger partial charge in [0.15, 0.2) is 5.13 Å². The van der Waals surface area contributed by atoms with E-state index in [1.165, 1.54) is 54.0 Å². The molecule has 3 aromatic rings. The standard InChI is InChI=1S/C17H15N3O2S/c21-16(15-7-8-18-22-15)20-17-19-14(10-23-17)13-6-5-11-3-1-2-4-12(11)9-13/h5-10H,1-4H2,(H,19,20,21). The fourth-order valence-corrected chi connectivity index (χ4v) is 3.56. The number of aryl methyl sites for hydroxylation is 2. The largest absolute Gasteiger partial charge is 0.351 e. The summed E-state index contributed by atoms with van der Waals surface area (Å²) in [6.45, 7) is 0. The normalized spacial score (nSPS) is 13.6. The van der Waals surface area contributed by atoms with Gasteiger partial charge in [0, 0.05) is 17.0 Å². The van der Waals surface area contributed by atoms with Gasteiger partial charge in [0.25, 0.3) is 5.91 Å². The molecule has 2 aromatic heterocycles. The molecule has 1 aliphatic carbocycles. The number of amides is 1. The summed E-state index contributed by atoms with van der Waals surface area (Å²) in [5.41, 5.74) is 4.86. The van der Waals surface area contributed by atoms with E-state index < -0.39 is 0 Å². The molecule has 23 heavy (non-hydrogen) atoms. The third-order valence-electron chi connectivity index (χ3n) is 4.03. The summed E-state index contributed by atoms with van der Waals surface area (Å²) >= 11 is 1.40. The maximum atomic E-state index is 11.9. The predicted molar refractivity (Wildman–Crippen MR) is 88.6 cm³/mol. The number of hydrogen-bond donors (Lipinski definition) is 1. The SMILES string of the molecule is O=C(Nc1nc(-c2ccc3c(c2)CCCC3)cs1)c1ccno1. The van der Waals surface area contributed by atoms with Crippen LogP contribution in [-0.2, 0) is 12.8 Å². The number of rotatable bonds is 3. The van der Waals surface area contributed by atoms with Crippen molar-refractivity contribution < 1.29 is 9.32 Å². The first-order valence-corrected chi connectivity index (χ1v) is 8.47. The molecule has 6 heteroatoms. The number of anilines is 1. The molecule has 1 aliphatic rings. The minimum absolute atomic E-state index is 0.176. The molecule has 1 aromatic carbocycles. The molecular formula is C17H15N3O2S. The summed E-state index contributed by atoms with van der Waals surface area (Å²) in [4.78, 5) is 16.4. The maximum absolute atomic E-state index is 11.9. The van der Waals surface area contributed by atoms with Crippen LogP contribution in [0.5, 0.6) is 0 Å². The van der Waals surface area contributed by atoms with Crippen molar-refractivity contribution in [3.05, 3.63) is 52.7 Å². The number of thiazole rings is 1. The summed E-state index contributed by atoms with van der Waals surface area (Å²) in [6, 6.07) is 8.07. The molecule has 0 atom stereocenters. The van der Waals surface area contributed by atoms with E-state index >= 15 is 0 Å². The number of carbonyl (C=O) groups excluding carboxylic acids is 1. The summed E-state index contributed by atoms with van der Waals surface area (Å²) < 4.78 is 4.84. The number of fused-ring (bicyclic) bond motifs is 1. The molecule has 0 unspecified atom stereocenters. The first-order valence-electron chi connectivity index (χ1n) is 7.59. The number of aromatic nitrogens is 2. The zero-order valence-electron chi connectivity index (χ0n) is 12.4. The van der Waals surface area contributed by atoms with Crippen molar-refractivity contribution in [3.8, 4) is 11.3 Å². The van der Waals surface area contributed by atoms with E-state index in [0.29, 0.717) is 5.13 Å². The van der Waals surface area contributed by atoms with Crippen molar-refractivity contribution in [2.45, 2.75) is 25.7 Å². The molecule has 2 heterocycles. The topological polar surface area (TPSA) is 68.0 Å². The van der Waals surface area contributed by atoms with Crippen molar-refractivity contribution in [1.82, 2.24) is 10.1 Å². The smallest absolute Gasteiger partial charge is 0.296 e. The Bertz CT molecular complexity index is 839. The average Bonchev–Trinajstić information content (AvgIpc) is 3.26. The van der Waals surface area contributed by atoms with Crippen LogP contribution in [0.2, 0.25) is 0 Å². The Labute approximate surface area is 137 Å². The molecule has 116 valence electrons. The van der Waals surface area contributed by atoms with E-state index in [1.54, 1.807) is 0 Å². The minimum atomic E-state index is -0.339. The lowest BCUT2D eigenvalue weighted by molar-refractivity contribution is 0.0988. The number of hydrogen-bond acceptors (Lipinski definition) is 5. The Balaban J connectivity index is 1.55. The van der Waals surface area contributed by atoms with Crippen molar-refractivity contribution in [2.24, 2.45) is 0 Å². The minimum Gasteiger partial charge on any atom is -0.351 e. The summed E-state index contributed by atoms with van der Waals surface area (Å²) in [6.07, 6.45) is 6.29. The molecule has 0 fully saturated rings. The molecule has 0 saturated heterocycles. The quantitative estimate of drug-likeness (QED) is 0.792. The van der Waals surface area contributed by atoms with E-state index in [2.05, 4.69) is 33.7 Å². The van der Waals surface area contributed by atoms with E-state index in [9.17, 15) is 4.79 Å². The number of carbonyl (C=O) groups is 1. The maximum Gasteiger partial charge on any atom is 0.296 e. The second-order valence-corrected chi connectivity index (χ2v) is 6.42. The Morgan fingerprint density at radius 2 is 2.04 bits per heavy atom. The van der Waals surface area contributed by atoms with Crippen LogP contribution < -0.4 is 5.32 Å². The molecule has 0 saturated carbocycles. The van der Waals surface area contributed by atoms with Crippen LogP contribution in [0.1, 0.15) is 34.5 Å². The van der Waals surface area contributed by atoms with Gasteiger partial charge in [0.05, 0.1) is 11.9 Å². The monoisotopic (exact) mass is 325 g/mol. The van der Waals surface area contributed by atoms with Gasteiger partial charge >= 0.3 is 0 Å². The number of benzene rings is 1. The van der Waals surface area contributed by atoms with Gasteiger partial charge in [-0.1, -0.05) is 17.3 Å². The predicted octanol–water partition coefficient (Wildman–Crippen LogP) is 3.93. The van der Waals surface area contributed by atoms with Gasteiger partial charge in [0.2, 0.25) is 5.76 Å². The molecule has 0 aliphatic heterocycles. The van der Waals surface area contributed by atoms with Crippen LogP contribution in [0.4, 0.5) is 5.13 Å². The highest BCUT2D eigenvalue weighted by atomic mass is 32.1. The number of nitrogens with one attached hydrogen (secondary N) is 1. The third-order valence-corrected chi connectivity index (χ3v) is 4.79. The second kappa shape index (κ2) is 5.96. The van der Waals surface area contributed by atoms with Crippen molar-refractivity contribution in [3.63, 3.8) is 0 Å². The van der Waals surface area contributed by atoms with Gasteiger partial charge in [-0.3, -0.25) is 10.1 Å². The molecule has 1 N–H and O–H groups in total. The van der Waals surface area contributed by atoms with E-state index in [1.807, 2.05) is 5.38 Å². The molecule has 0 spiro atoms. The second-order valence-electron chi connectivity index (χ2n) is 5.56. The zero-order valence-corrected chi connectivity index (χ0v) is 13.2. The van der Waals surface area contributed by atoms with E-state index in [0.717, 1.165) is 17.7 Å². The van der Waals surface area contributed by atoms with Gasteiger partial charge < -0.3 is 4.52 Å². The molecule has 5 nitrogen and oxygen atoms in total. The fraction of sp³-hybridized carbons (Fsp3) is 0.235. The van der Waals surface area contributed by atoms with Gasteiger partial charge in [-0.2, -0.15) is 0 Å². The van der Waals surface area contributed by atoms with Crippen molar-refractivity contribution in [2.75, 3.05) is 5.32 Å². The molecule has 0 bridgehead atoms. The van der Waals surface area contributed by atoms with Gasteiger partial charge in [-0.15, -0.1) is 11.3 Å². The fourth-order valence-electron chi connectivity index (χ4n) is 2.85. The Kier molecular flexibility index (Phi) is 3.67. The third kappa shape index (κ3) is 2.90. The first-order chi connectivity index (χ1) is 11.3. The summed E-state index contributed by atoms with van der Waals surface area (Å²) in [7, 11) is 0. The van der Waals surface area contributed by atoms with Gasteiger partial charge in [0.1, 0.15) is 0 Å².